The second kappa shape index (κ2) is 14.8. The van der Waals surface area contributed by atoms with Gasteiger partial charge in [0.25, 0.3) is 11.8 Å². The zero-order valence-electron chi connectivity index (χ0n) is 30.7. The molecule has 56 heavy (non-hydrogen) atoms. The average Bonchev–Trinajstić information content (AvgIpc) is 3.94. The van der Waals surface area contributed by atoms with E-state index in [9.17, 15) is 23.6 Å². The zero-order valence-corrected chi connectivity index (χ0v) is 30.7. The first kappa shape index (κ1) is 35.5. The second-order valence-electron chi connectivity index (χ2n) is 14.7. The minimum Gasteiger partial charge on any atom is -0.385 e. The number of nitrogens with one attached hydrogen (secondary N) is 2. The van der Waals surface area contributed by atoms with Gasteiger partial charge in [-0.15, -0.1) is 5.10 Å². The fourth-order valence-corrected chi connectivity index (χ4v) is 8.35. The van der Waals surface area contributed by atoms with Crippen molar-refractivity contribution < 1.29 is 23.6 Å². The summed E-state index contributed by atoms with van der Waals surface area (Å²) in [4.78, 5) is 67.8. The first-order valence-electron chi connectivity index (χ1n) is 19.2. The molecule has 2 N–H and O–H groups in total. The highest BCUT2D eigenvalue weighted by Crippen LogP contribution is 2.36. The Kier molecular flexibility index (Phi) is 9.37. The lowest BCUT2D eigenvalue weighted by atomic mass is 10.0. The van der Waals surface area contributed by atoms with Crippen LogP contribution < -0.4 is 20.4 Å². The van der Waals surface area contributed by atoms with Gasteiger partial charge in [-0.25, -0.2) is 18.9 Å². The number of imide groups is 2. The molecule has 5 aromatic rings. The fraction of sp³-hybridized carbons (Fsp3) is 0.341. The van der Waals surface area contributed by atoms with Crippen molar-refractivity contribution in [3.05, 3.63) is 102 Å². The van der Waals surface area contributed by atoms with E-state index in [4.69, 9.17) is 10.1 Å². The number of piperidine rings is 1. The van der Waals surface area contributed by atoms with Crippen LogP contribution in [0.4, 0.5) is 21.7 Å². The Morgan fingerprint density at radius 2 is 1.66 bits per heavy atom. The van der Waals surface area contributed by atoms with E-state index in [-0.39, 0.29) is 35.8 Å². The van der Waals surface area contributed by atoms with E-state index < -0.39 is 29.7 Å². The highest BCUT2D eigenvalue weighted by Gasteiger charge is 2.44. The van der Waals surface area contributed by atoms with Gasteiger partial charge in [-0.1, -0.05) is 18.2 Å². The summed E-state index contributed by atoms with van der Waals surface area (Å²) in [6.07, 6.45) is 4.84. The van der Waals surface area contributed by atoms with Crippen LogP contribution in [-0.4, -0.2) is 105 Å². The summed E-state index contributed by atoms with van der Waals surface area (Å²) in [5.74, 6) is -0.546. The van der Waals surface area contributed by atoms with Crippen LogP contribution in [-0.2, 0) is 9.59 Å². The molecule has 2 atom stereocenters. The Bertz CT molecular complexity index is 2360. The van der Waals surface area contributed by atoms with Gasteiger partial charge in [0.1, 0.15) is 29.2 Å². The van der Waals surface area contributed by atoms with Crippen molar-refractivity contribution >= 4 is 46.6 Å². The summed E-state index contributed by atoms with van der Waals surface area (Å²) in [6.45, 7) is 5.86. The number of rotatable bonds is 10. The molecule has 2 unspecified atom stereocenters. The molecular formula is C41H41FN10O4. The first-order valence-corrected chi connectivity index (χ1v) is 19.2. The number of carbonyl (C=O) groups excluding carboxylic acids is 4. The number of amides is 4. The van der Waals surface area contributed by atoms with Gasteiger partial charge in [-0.05, 0) is 92.4 Å². The zero-order chi connectivity index (χ0) is 38.3. The summed E-state index contributed by atoms with van der Waals surface area (Å²) in [5.41, 5.74) is 4.54. The summed E-state index contributed by atoms with van der Waals surface area (Å²) in [7, 11) is 0. The third-order valence-electron chi connectivity index (χ3n) is 11.2. The largest absolute Gasteiger partial charge is 0.385 e. The standard InChI is InChI=1S/C41H41FN10O4/c42-27-6-1-5-26(23-27)32-8-3-18-50(32)37-14-13-35-44-25-34(52(35)47-37)31-7-2-9-36(45-31)49-21-19-48(20-22-49)17-4-16-43-28-10-11-29-30(24-28)41(56)51(40(29)55)33-12-15-38(53)46-39(33)54/h1-2,5-7,9-11,13-14,23-25,32-33,43H,3-4,8,12,15-22H2,(H,46,53,54). The highest BCUT2D eigenvalue weighted by molar-refractivity contribution is 6.23. The van der Waals surface area contributed by atoms with Crippen molar-refractivity contribution in [2.45, 2.75) is 44.2 Å². The number of hydrogen-bond acceptors (Lipinski definition) is 11. The smallest absolute Gasteiger partial charge is 0.262 e. The van der Waals surface area contributed by atoms with Gasteiger partial charge in [0.05, 0.1) is 29.1 Å². The van der Waals surface area contributed by atoms with Crippen LogP contribution in [0.2, 0.25) is 0 Å². The van der Waals surface area contributed by atoms with Crippen molar-refractivity contribution in [3.63, 3.8) is 0 Å². The molecule has 3 saturated heterocycles. The number of pyridine rings is 1. The molecule has 15 heteroatoms. The molecule has 3 aromatic heterocycles. The van der Waals surface area contributed by atoms with Gasteiger partial charge in [0, 0.05) is 51.4 Å². The number of nitrogens with zero attached hydrogens (tertiary/aromatic N) is 8. The number of anilines is 3. The Labute approximate surface area is 322 Å². The van der Waals surface area contributed by atoms with E-state index in [2.05, 4.69) is 30.3 Å². The van der Waals surface area contributed by atoms with Crippen LogP contribution in [0.3, 0.4) is 0 Å². The minimum absolute atomic E-state index is 0.0605. The average molecular weight is 757 g/mol. The van der Waals surface area contributed by atoms with Gasteiger partial charge in [-0.3, -0.25) is 34.3 Å². The van der Waals surface area contributed by atoms with Crippen molar-refractivity contribution in [3.8, 4) is 11.4 Å². The number of fused-ring (bicyclic) bond motifs is 2. The van der Waals surface area contributed by atoms with E-state index >= 15 is 0 Å². The van der Waals surface area contributed by atoms with Crippen LogP contribution >= 0.6 is 0 Å². The molecule has 9 rings (SSSR count). The number of imidazole rings is 1. The van der Waals surface area contributed by atoms with E-state index in [1.807, 2.05) is 47.1 Å². The maximum Gasteiger partial charge on any atom is 0.262 e. The Hall–Kier alpha value is -6.22. The molecule has 0 bridgehead atoms. The molecule has 2 aromatic carbocycles. The molecule has 0 radical (unpaired) electrons. The minimum atomic E-state index is -0.982. The quantitative estimate of drug-likeness (QED) is 0.155. The lowest BCUT2D eigenvalue weighted by Crippen LogP contribution is -2.54. The van der Waals surface area contributed by atoms with Crippen LogP contribution in [0.25, 0.3) is 17.0 Å². The third kappa shape index (κ3) is 6.72. The van der Waals surface area contributed by atoms with E-state index in [0.717, 1.165) is 103 Å². The SMILES string of the molecule is O=C1CCC(N2C(=O)c3ccc(NCCCN4CCN(c5cccc(-c6cnc7ccc(N8CCCC8c8cccc(F)c8)nn67)n5)CC4)cc3C2=O)C(=O)N1. The molecule has 4 amide bonds. The molecule has 14 nitrogen and oxygen atoms in total. The third-order valence-corrected chi connectivity index (χ3v) is 11.2. The number of hydrogen-bond donors (Lipinski definition) is 2. The lowest BCUT2D eigenvalue weighted by Gasteiger charge is -2.35. The number of carbonyl (C=O) groups is 4. The first-order chi connectivity index (χ1) is 27.3. The van der Waals surface area contributed by atoms with Gasteiger partial charge in [-0.2, -0.15) is 0 Å². The molecular weight excluding hydrogens is 716 g/mol. The Morgan fingerprint density at radius 1 is 0.821 bits per heavy atom. The van der Waals surface area contributed by atoms with E-state index in [1.54, 1.807) is 30.3 Å². The van der Waals surface area contributed by atoms with Crippen LogP contribution in [0.1, 0.15) is 64.4 Å². The van der Waals surface area contributed by atoms with Gasteiger partial charge < -0.3 is 15.1 Å². The number of benzene rings is 2. The van der Waals surface area contributed by atoms with Crippen molar-refractivity contribution in [1.82, 2.24) is 34.7 Å². The molecule has 286 valence electrons. The Morgan fingerprint density at radius 3 is 2.50 bits per heavy atom. The van der Waals surface area contributed by atoms with E-state index in [0.29, 0.717) is 6.54 Å². The maximum atomic E-state index is 14.1. The number of aromatic nitrogens is 4. The van der Waals surface area contributed by atoms with Crippen molar-refractivity contribution in [2.24, 2.45) is 0 Å². The lowest BCUT2D eigenvalue weighted by molar-refractivity contribution is -0.136. The van der Waals surface area contributed by atoms with Crippen LogP contribution in [0.5, 0.6) is 0 Å². The predicted octanol–water partition coefficient (Wildman–Crippen LogP) is 4.30. The predicted molar refractivity (Wildman–Crippen MR) is 207 cm³/mol. The van der Waals surface area contributed by atoms with Crippen LogP contribution in [0, 0.1) is 5.82 Å². The van der Waals surface area contributed by atoms with Gasteiger partial charge in [0.15, 0.2) is 5.65 Å². The molecule has 7 heterocycles. The topological polar surface area (TPSA) is 148 Å². The summed E-state index contributed by atoms with van der Waals surface area (Å²) in [5, 5.41) is 10.6. The monoisotopic (exact) mass is 756 g/mol. The van der Waals surface area contributed by atoms with Gasteiger partial charge >= 0.3 is 0 Å². The van der Waals surface area contributed by atoms with Gasteiger partial charge in [0.2, 0.25) is 11.8 Å². The Balaban J connectivity index is 0.789. The van der Waals surface area contributed by atoms with Crippen molar-refractivity contribution in [2.75, 3.05) is 60.9 Å². The molecule has 4 aliphatic heterocycles. The molecule has 0 aliphatic carbocycles. The fourth-order valence-electron chi connectivity index (χ4n) is 8.35. The molecule has 3 fully saturated rings. The second-order valence-corrected chi connectivity index (χ2v) is 14.7. The summed E-state index contributed by atoms with van der Waals surface area (Å²) >= 11 is 0. The molecule has 0 spiro atoms. The molecule has 4 aliphatic rings. The normalized spacial score (nSPS) is 20.3. The van der Waals surface area contributed by atoms with E-state index in [1.165, 1.54) is 6.07 Å². The molecule has 0 saturated carbocycles. The summed E-state index contributed by atoms with van der Waals surface area (Å²) in [6, 6.07) is 21.0. The number of halogens is 1. The maximum absolute atomic E-state index is 14.1. The van der Waals surface area contributed by atoms with Crippen molar-refractivity contribution in [1.29, 1.82) is 0 Å². The number of piperazine rings is 1. The summed E-state index contributed by atoms with van der Waals surface area (Å²) < 4.78 is 15.9. The van der Waals surface area contributed by atoms with Crippen LogP contribution in [0.15, 0.2) is 79.0 Å². The highest BCUT2D eigenvalue weighted by atomic mass is 19.1.